The van der Waals surface area contributed by atoms with Crippen LogP contribution in [0.2, 0.25) is 10.2 Å². The van der Waals surface area contributed by atoms with E-state index < -0.39 is 0 Å². The molecule has 150 valence electrons. The maximum absolute atomic E-state index is 12.6. The minimum atomic E-state index is 0.0730. The van der Waals surface area contributed by atoms with Crippen LogP contribution in [-0.4, -0.2) is 52.6 Å². The second kappa shape index (κ2) is 9.22. The Morgan fingerprint density at radius 1 is 1.03 bits per heavy atom. The largest absolute Gasteiger partial charge is 0.378 e. The van der Waals surface area contributed by atoms with Gasteiger partial charge in [0.1, 0.15) is 10.8 Å². The van der Waals surface area contributed by atoms with Crippen LogP contribution in [0.15, 0.2) is 59.5 Å². The number of nitrogens with zero attached hydrogens (tertiary/aromatic N) is 3. The first kappa shape index (κ1) is 20.3. The van der Waals surface area contributed by atoms with Crippen molar-refractivity contribution in [3.8, 4) is 16.9 Å². The number of hydrogen-bond acceptors (Lipinski definition) is 4. The fourth-order valence-corrected chi connectivity index (χ4v) is 4.55. The van der Waals surface area contributed by atoms with E-state index in [9.17, 15) is 4.79 Å². The van der Waals surface area contributed by atoms with E-state index in [-0.39, 0.29) is 5.91 Å². The van der Waals surface area contributed by atoms with Gasteiger partial charge < -0.3 is 9.64 Å². The van der Waals surface area contributed by atoms with E-state index in [0.29, 0.717) is 42.2 Å². The van der Waals surface area contributed by atoms with Crippen LogP contribution in [0.4, 0.5) is 0 Å². The number of para-hydroxylation sites is 1. The molecule has 1 fully saturated rings. The molecule has 1 saturated heterocycles. The van der Waals surface area contributed by atoms with Crippen LogP contribution in [0, 0.1) is 0 Å². The number of thioether (sulfide) groups is 1. The number of hydrogen-bond donors (Lipinski definition) is 0. The zero-order chi connectivity index (χ0) is 20.2. The fraction of sp³-hybridized carbons (Fsp3) is 0.238. The molecule has 29 heavy (non-hydrogen) atoms. The lowest BCUT2D eigenvalue weighted by atomic mass is 10.2. The predicted molar refractivity (Wildman–Crippen MR) is 117 cm³/mol. The Morgan fingerprint density at radius 2 is 1.72 bits per heavy atom. The Hall–Kier alpha value is -1.99. The van der Waals surface area contributed by atoms with Gasteiger partial charge >= 0.3 is 0 Å². The highest BCUT2D eigenvalue weighted by Crippen LogP contribution is 2.38. The molecule has 1 aliphatic heterocycles. The molecule has 4 rings (SSSR count). The first-order valence-corrected chi connectivity index (χ1v) is 11.0. The molecule has 1 amide bonds. The number of amides is 1. The third-order valence-corrected chi connectivity index (χ3v) is 6.39. The molecule has 2 heterocycles. The summed E-state index contributed by atoms with van der Waals surface area (Å²) < 4.78 is 7.03. The molecule has 8 heteroatoms. The lowest BCUT2D eigenvalue weighted by Crippen LogP contribution is -2.41. The lowest BCUT2D eigenvalue weighted by Gasteiger charge is -2.26. The minimum Gasteiger partial charge on any atom is -0.378 e. The van der Waals surface area contributed by atoms with E-state index in [0.717, 1.165) is 21.8 Å². The number of rotatable bonds is 5. The van der Waals surface area contributed by atoms with Crippen LogP contribution < -0.4 is 0 Å². The summed E-state index contributed by atoms with van der Waals surface area (Å²) in [4.78, 5) is 15.2. The van der Waals surface area contributed by atoms with Gasteiger partial charge in [0.2, 0.25) is 5.91 Å². The molecular weight excluding hydrogens is 429 g/mol. The van der Waals surface area contributed by atoms with Crippen LogP contribution in [0.1, 0.15) is 0 Å². The highest BCUT2D eigenvalue weighted by atomic mass is 35.5. The van der Waals surface area contributed by atoms with E-state index in [1.54, 1.807) is 4.68 Å². The summed E-state index contributed by atoms with van der Waals surface area (Å²) in [6, 6.07) is 17.1. The van der Waals surface area contributed by atoms with Gasteiger partial charge in [-0.25, -0.2) is 4.68 Å². The molecule has 0 radical (unpaired) electrons. The number of benzene rings is 2. The van der Waals surface area contributed by atoms with Gasteiger partial charge in [-0.2, -0.15) is 5.10 Å². The maximum atomic E-state index is 12.6. The van der Waals surface area contributed by atoms with Crippen molar-refractivity contribution < 1.29 is 9.53 Å². The molecule has 0 aliphatic carbocycles. The highest BCUT2D eigenvalue weighted by Gasteiger charge is 2.22. The van der Waals surface area contributed by atoms with Crippen LogP contribution >= 0.6 is 35.0 Å². The van der Waals surface area contributed by atoms with E-state index in [1.807, 2.05) is 59.5 Å². The Balaban J connectivity index is 1.66. The summed E-state index contributed by atoms with van der Waals surface area (Å²) in [7, 11) is 0. The van der Waals surface area contributed by atoms with E-state index in [1.165, 1.54) is 11.8 Å². The van der Waals surface area contributed by atoms with Crippen LogP contribution in [0.5, 0.6) is 0 Å². The van der Waals surface area contributed by atoms with Crippen molar-refractivity contribution in [3.63, 3.8) is 0 Å². The Labute approximate surface area is 183 Å². The van der Waals surface area contributed by atoms with Gasteiger partial charge in [0.05, 0.1) is 29.5 Å². The Morgan fingerprint density at radius 3 is 2.41 bits per heavy atom. The fourth-order valence-electron chi connectivity index (χ4n) is 3.09. The lowest BCUT2D eigenvalue weighted by molar-refractivity contribution is -0.132. The van der Waals surface area contributed by atoms with Crippen molar-refractivity contribution in [2.45, 2.75) is 4.90 Å². The van der Waals surface area contributed by atoms with Crippen molar-refractivity contribution in [2.24, 2.45) is 0 Å². The molecule has 0 spiro atoms. The highest BCUT2D eigenvalue weighted by molar-refractivity contribution is 8.00. The molecule has 0 atom stereocenters. The van der Waals surface area contributed by atoms with Gasteiger partial charge in [-0.15, -0.1) is 11.8 Å². The topological polar surface area (TPSA) is 47.4 Å². The Bertz CT molecular complexity index is 987. The number of morpholine rings is 1. The number of ether oxygens (including phenoxy) is 1. The van der Waals surface area contributed by atoms with E-state index in [4.69, 9.17) is 33.0 Å². The number of aromatic nitrogens is 2. The second-order valence-electron chi connectivity index (χ2n) is 6.50. The summed E-state index contributed by atoms with van der Waals surface area (Å²) in [5.74, 6) is 0.365. The molecule has 0 unspecified atom stereocenters. The van der Waals surface area contributed by atoms with Gasteiger partial charge in [0.25, 0.3) is 0 Å². The average Bonchev–Trinajstić information content (AvgIpc) is 3.10. The smallest absolute Gasteiger partial charge is 0.233 e. The van der Waals surface area contributed by atoms with Crippen molar-refractivity contribution >= 4 is 40.9 Å². The van der Waals surface area contributed by atoms with Gasteiger partial charge in [0.15, 0.2) is 0 Å². The zero-order valence-corrected chi connectivity index (χ0v) is 17.9. The quantitative estimate of drug-likeness (QED) is 0.527. The summed E-state index contributed by atoms with van der Waals surface area (Å²) >= 11 is 14.2. The third-order valence-electron chi connectivity index (χ3n) is 4.61. The van der Waals surface area contributed by atoms with Crippen molar-refractivity contribution in [1.82, 2.24) is 14.7 Å². The standard InChI is InChI=1S/C21H19Cl2N3O2S/c22-16-8-6-15(7-9-16)19-20(29-14-18(27)25-10-12-28-13-11-25)21(23)26(24-19)17-4-2-1-3-5-17/h1-9H,10-14H2. The molecule has 2 aromatic carbocycles. The normalized spacial score (nSPS) is 14.2. The zero-order valence-electron chi connectivity index (χ0n) is 15.6. The molecular formula is C21H19Cl2N3O2S. The van der Waals surface area contributed by atoms with Crippen molar-refractivity contribution in [3.05, 3.63) is 64.8 Å². The maximum Gasteiger partial charge on any atom is 0.233 e. The van der Waals surface area contributed by atoms with Gasteiger partial charge in [0, 0.05) is 23.7 Å². The van der Waals surface area contributed by atoms with Gasteiger partial charge in [-0.3, -0.25) is 4.79 Å². The molecule has 5 nitrogen and oxygen atoms in total. The molecule has 0 N–H and O–H groups in total. The summed E-state index contributed by atoms with van der Waals surface area (Å²) in [5, 5.41) is 5.89. The van der Waals surface area contributed by atoms with E-state index >= 15 is 0 Å². The summed E-state index contributed by atoms with van der Waals surface area (Å²) in [6.07, 6.45) is 0. The minimum absolute atomic E-state index is 0.0730. The SMILES string of the molecule is O=C(CSc1c(-c2ccc(Cl)cc2)nn(-c2ccccc2)c1Cl)N1CCOCC1. The van der Waals surface area contributed by atoms with Crippen LogP contribution in [0.3, 0.4) is 0 Å². The molecule has 0 saturated carbocycles. The van der Waals surface area contributed by atoms with Crippen LogP contribution in [-0.2, 0) is 9.53 Å². The van der Waals surface area contributed by atoms with Crippen LogP contribution in [0.25, 0.3) is 16.9 Å². The molecule has 0 bridgehead atoms. The van der Waals surface area contributed by atoms with Gasteiger partial charge in [-0.05, 0) is 24.3 Å². The second-order valence-corrected chi connectivity index (χ2v) is 8.28. The average molecular weight is 448 g/mol. The van der Waals surface area contributed by atoms with E-state index in [2.05, 4.69) is 0 Å². The monoisotopic (exact) mass is 447 g/mol. The summed E-state index contributed by atoms with van der Waals surface area (Å²) in [6.45, 7) is 2.42. The Kier molecular flexibility index (Phi) is 6.45. The molecule has 1 aliphatic rings. The first-order chi connectivity index (χ1) is 14.1. The van der Waals surface area contributed by atoms with Crippen molar-refractivity contribution in [1.29, 1.82) is 0 Å². The number of halogens is 2. The molecule has 1 aromatic heterocycles. The van der Waals surface area contributed by atoms with Gasteiger partial charge in [-0.1, -0.05) is 53.5 Å². The summed E-state index contributed by atoms with van der Waals surface area (Å²) in [5.41, 5.74) is 2.49. The van der Waals surface area contributed by atoms with Crippen molar-refractivity contribution in [2.75, 3.05) is 32.1 Å². The first-order valence-electron chi connectivity index (χ1n) is 9.21. The number of carbonyl (C=O) groups excluding carboxylic acids is 1. The predicted octanol–water partition coefficient (Wildman–Crippen LogP) is 4.80. The third kappa shape index (κ3) is 4.61. The number of carbonyl (C=O) groups is 1. The molecule has 3 aromatic rings.